The molecule has 1 aromatic heterocycles. The van der Waals surface area contributed by atoms with Crippen LogP contribution in [-0.4, -0.2) is 25.8 Å². The molecule has 1 heterocycles. The van der Waals surface area contributed by atoms with E-state index in [4.69, 9.17) is 10.9 Å². The fourth-order valence-electron chi connectivity index (χ4n) is 1.36. The Labute approximate surface area is 100 Å². The number of rotatable bonds is 3. The van der Waals surface area contributed by atoms with Gasteiger partial charge in [0.05, 0.1) is 6.54 Å². The zero-order valence-corrected chi connectivity index (χ0v) is 9.09. The lowest BCUT2D eigenvalue weighted by Gasteiger charge is -2.02. The molecule has 0 saturated heterocycles. The van der Waals surface area contributed by atoms with Gasteiger partial charge in [-0.05, 0) is 6.07 Å². The van der Waals surface area contributed by atoms with E-state index in [1.807, 2.05) is 0 Å². The van der Waals surface area contributed by atoms with Crippen LogP contribution in [0.15, 0.2) is 29.7 Å². The molecule has 3 N–H and O–H groups in total. The molecule has 0 saturated carbocycles. The average Bonchev–Trinajstić information content (AvgIpc) is 2.80. The van der Waals surface area contributed by atoms with Crippen LogP contribution in [0.2, 0.25) is 0 Å². The lowest BCUT2D eigenvalue weighted by atomic mass is 10.2. The van der Waals surface area contributed by atoms with Gasteiger partial charge >= 0.3 is 0 Å². The summed E-state index contributed by atoms with van der Waals surface area (Å²) < 4.78 is 27.4. The number of oxime groups is 1. The van der Waals surface area contributed by atoms with E-state index in [1.165, 1.54) is 17.1 Å². The van der Waals surface area contributed by atoms with Gasteiger partial charge in [0.25, 0.3) is 0 Å². The predicted molar refractivity (Wildman–Crippen MR) is 58.0 cm³/mol. The smallest absolute Gasteiger partial charge is 0.219 e. The van der Waals surface area contributed by atoms with Crippen molar-refractivity contribution in [3.05, 3.63) is 47.5 Å². The van der Waals surface area contributed by atoms with Gasteiger partial charge < -0.3 is 10.9 Å². The standard InChI is InChI=1S/C10H9F2N5O/c11-7-2-1-6(8(12)3-7)4-17-5-14-10(15-17)9(13)16-18/h1-3,5,18H,4H2,(H2,13,16). The molecule has 0 aliphatic rings. The van der Waals surface area contributed by atoms with Crippen LogP contribution in [0.3, 0.4) is 0 Å². The van der Waals surface area contributed by atoms with Crippen molar-refractivity contribution in [3.8, 4) is 0 Å². The van der Waals surface area contributed by atoms with Crippen molar-refractivity contribution in [1.29, 1.82) is 0 Å². The van der Waals surface area contributed by atoms with Gasteiger partial charge in [-0.3, -0.25) is 0 Å². The fourth-order valence-corrected chi connectivity index (χ4v) is 1.36. The third kappa shape index (κ3) is 2.42. The Balaban J connectivity index is 2.21. The number of halogens is 2. The Morgan fingerprint density at radius 3 is 2.89 bits per heavy atom. The van der Waals surface area contributed by atoms with Crippen molar-refractivity contribution in [2.24, 2.45) is 10.9 Å². The maximum atomic E-state index is 13.4. The van der Waals surface area contributed by atoms with E-state index in [-0.39, 0.29) is 23.8 Å². The van der Waals surface area contributed by atoms with E-state index in [0.717, 1.165) is 12.1 Å². The minimum absolute atomic E-state index is 0.0278. The molecule has 0 amide bonds. The lowest BCUT2D eigenvalue weighted by Crippen LogP contribution is -2.15. The third-order valence-electron chi connectivity index (χ3n) is 2.22. The highest BCUT2D eigenvalue weighted by molar-refractivity contribution is 5.93. The number of amidine groups is 1. The summed E-state index contributed by atoms with van der Waals surface area (Å²) in [5.41, 5.74) is 5.55. The topological polar surface area (TPSA) is 89.3 Å². The Bertz CT molecular complexity index is 596. The summed E-state index contributed by atoms with van der Waals surface area (Å²) in [5, 5.41) is 15.0. The predicted octanol–water partition coefficient (Wildman–Crippen LogP) is 0.699. The van der Waals surface area contributed by atoms with Gasteiger partial charge in [0.1, 0.15) is 18.0 Å². The summed E-state index contributed by atoms with van der Waals surface area (Å²) in [6.45, 7) is 0.0673. The molecule has 0 aliphatic heterocycles. The van der Waals surface area contributed by atoms with Gasteiger partial charge in [-0.25, -0.2) is 18.4 Å². The summed E-state index contributed by atoms with van der Waals surface area (Å²) >= 11 is 0. The SMILES string of the molecule is NC(=NO)c1ncn(Cc2ccc(F)cc2F)n1. The van der Waals surface area contributed by atoms with Gasteiger partial charge in [0, 0.05) is 11.6 Å². The Hall–Kier alpha value is -2.51. The highest BCUT2D eigenvalue weighted by Crippen LogP contribution is 2.10. The fraction of sp³-hybridized carbons (Fsp3) is 0.100. The Morgan fingerprint density at radius 2 is 2.22 bits per heavy atom. The van der Waals surface area contributed by atoms with E-state index >= 15 is 0 Å². The van der Waals surface area contributed by atoms with Gasteiger partial charge in [0.15, 0.2) is 0 Å². The molecule has 1 aromatic carbocycles. The first-order valence-corrected chi connectivity index (χ1v) is 4.91. The van der Waals surface area contributed by atoms with Crippen molar-refractivity contribution in [2.45, 2.75) is 6.54 Å². The van der Waals surface area contributed by atoms with E-state index in [9.17, 15) is 8.78 Å². The molecule has 0 spiro atoms. The first-order valence-electron chi connectivity index (χ1n) is 4.91. The normalized spacial score (nSPS) is 11.8. The summed E-state index contributed by atoms with van der Waals surface area (Å²) in [6, 6.07) is 3.26. The monoisotopic (exact) mass is 253 g/mol. The molecule has 0 radical (unpaired) electrons. The molecule has 2 aromatic rings. The molecule has 6 nitrogen and oxygen atoms in total. The van der Waals surface area contributed by atoms with Crippen LogP contribution in [-0.2, 0) is 6.54 Å². The minimum Gasteiger partial charge on any atom is -0.409 e. The molecular formula is C10H9F2N5O. The second-order valence-corrected chi connectivity index (χ2v) is 3.49. The van der Waals surface area contributed by atoms with Gasteiger partial charge in [0.2, 0.25) is 11.7 Å². The van der Waals surface area contributed by atoms with Gasteiger partial charge in [-0.1, -0.05) is 11.2 Å². The number of benzene rings is 1. The van der Waals surface area contributed by atoms with E-state index in [1.54, 1.807) is 0 Å². The van der Waals surface area contributed by atoms with Crippen LogP contribution < -0.4 is 5.73 Å². The second-order valence-electron chi connectivity index (χ2n) is 3.49. The highest BCUT2D eigenvalue weighted by atomic mass is 19.1. The van der Waals surface area contributed by atoms with Crippen LogP contribution in [0.5, 0.6) is 0 Å². The molecule has 18 heavy (non-hydrogen) atoms. The highest BCUT2D eigenvalue weighted by Gasteiger charge is 2.08. The zero-order chi connectivity index (χ0) is 13.1. The van der Waals surface area contributed by atoms with Crippen LogP contribution in [0.4, 0.5) is 8.78 Å². The summed E-state index contributed by atoms with van der Waals surface area (Å²) in [6.07, 6.45) is 1.30. The van der Waals surface area contributed by atoms with Crippen LogP contribution in [0, 0.1) is 11.6 Å². The average molecular weight is 253 g/mol. The van der Waals surface area contributed by atoms with Crippen LogP contribution in [0.1, 0.15) is 11.4 Å². The Morgan fingerprint density at radius 1 is 1.44 bits per heavy atom. The third-order valence-corrected chi connectivity index (χ3v) is 2.22. The van der Waals surface area contributed by atoms with Crippen molar-refractivity contribution < 1.29 is 14.0 Å². The van der Waals surface area contributed by atoms with Crippen LogP contribution in [0.25, 0.3) is 0 Å². The largest absolute Gasteiger partial charge is 0.409 e. The summed E-state index contributed by atoms with van der Waals surface area (Å²) in [7, 11) is 0. The summed E-state index contributed by atoms with van der Waals surface area (Å²) in [5.74, 6) is -1.53. The maximum absolute atomic E-state index is 13.4. The number of hydrogen-bond donors (Lipinski definition) is 2. The maximum Gasteiger partial charge on any atom is 0.219 e. The molecule has 0 bridgehead atoms. The minimum atomic E-state index is -0.671. The van der Waals surface area contributed by atoms with Crippen molar-refractivity contribution in [3.63, 3.8) is 0 Å². The number of aromatic nitrogens is 3. The molecule has 8 heteroatoms. The molecule has 2 rings (SSSR count). The molecule has 0 unspecified atom stereocenters. The number of nitrogens with two attached hydrogens (primary N) is 1. The molecule has 94 valence electrons. The van der Waals surface area contributed by atoms with E-state index in [2.05, 4.69) is 15.2 Å². The first kappa shape index (κ1) is 12.0. The lowest BCUT2D eigenvalue weighted by molar-refractivity contribution is 0.318. The Kier molecular flexibility index (Phi) is 3.18. The van der Waals surface area contributed by atoms with Crippen molar-refractivity contribution >= 4 is 5.84 Å². The molecule has 0 fully saturated rings. The van der Waals surface area contributed by atoms with E-state index < -0.39 is 11.6 Å². The zero-order valence-electron chi connectivity index (χ0n) is 9.09. The molecule has 0 aliphatic carbocycles. The quantitative estimate of drug-likeness (QED) is 0.364. The summed E-state index contributed by atoms with van der Waals surface area (Å²) in [4.78, 5) is 3.77. The van der Waals surface area contributed by atoms with Crippen molar-refractivity contribution in [2.75, 3.05) is 0 Å². The second kappa shape index (κ2) is 4.78. The molecule has 0 atom stereocenters. The van der Waals surface area contributed by atoms with Gasteiger partial charge in [-0.15, -0.1) is 5.10 Å². The number of nitrogens with zero attached hydrogens (tertiary/aromatic N) is 4. The van der Waals surface area contributed by atoms with Crippen molar-refractivity contribution in [1.82, 2.24) is 14.8 Å². The first-order chi connectivity index (χ1) is 8.60. The van der Waals surface area contributed by atoms with Gasteiger partial charge in [-0.2, -0.15) is 0 Å². The van der Waals surface area contributed by atoms with Crippen LogP contribution >= 0.6 is 0 Å². The molecular weight excluding hydrogens is 244 g/mol. The number of hydrogen-bond acceptors (Lipinski definition) is 4. The van der Waals surface area contributed by atoms with E-state index in [0.29, 0.717) is 0 Å².